The summed E-state index contributed by atoms with van der Waals surface area (Å²) in [6.07, 6.45) is 3.88. The Morgan fingerprint density at radius 2 is 2.30 bits per heavy atom. The summed E-state index contributed by atoms with van der Waals surface area (Å²) in [6.45, 7) is 4.10. The summed E-state index contributed by atoms with van der Waals surface area (Å²) in [5.74, 6) is -0.988. The summed E-state index contributed by atoms with van der Waals surface area (Å²) in [5.41, 5.74) is 0.711. The third-order valence-electron chi connectivity index (χ3n) is 3.14. The van der Waals surface area contributed by atoms with E-state index in [-0.39, 0.29) is 24.8 Å². The third kappa shape index (κ3) is 3.16. The second kappa shape index (κ2) is 6.04. The number of carbonyl (C=O) groups excluding carboxylic acids is 1. The van der Waals surface area contributed by atoms with Crippen LogP contribution in [0.2, 0.25) is 0 Å². The maximum Gasteiger partial charge on any atom is 0.305 e. The number of carboxylic acid groups (broad SMARTS) is 1. The van der Waals surface area contributed by atoms with Gasteiger partial charge in [0.05, 0.1) is 18.5 Å². The highest BCUT2D eigenvalue weighted by Crippen LogP contribution is 2.13. The van der Waals surface area contributed by atoms with Gasteiger partial charge in [-0.25, -0.2) is 4.98 Å². The number of fused-ring (bicyclic) bond motifs is 1. The molecule has 0 fully saturated rings. The number of nitrogens with zero attached hydrogens (tertiary/aromatic N) is 3. The number of imidazole rings is 1. The molecule has 2 aromatic heterocycles. The third-order valence-corrected chi connectivity index (χ3v) is 3.91. The van der Waals surface area contributed by atoms with Crippen LogP contribution in [-0.4, -0.2) is 43.9 Å². The predicted molar refractivity (Wildman–Crippen MR) is 75.9 cm³/mol. The van der Waals surface area contributed by atoms with E-state index in [4.69, 9.17) is 5.11 Å². The van der Waals surface area contributed by atoms with Gasteiger partial charge in [-0.2, -0.15) is 0 Å². The van der Waals surface area contributed by atoms with Gasteiger partial charge in [-0.3, -0.25) is 14.0 Å². The lowest BCUT2D eigenvalue weighted by Gasteiger charge is -2.26. The number of carbonyl (C=O) groups is 2. The highest BCUT2D eigenvalue weighted by Gasteiger charge is 2.21. The predicted octanol–water partition coefficient (Wildman–Crippen LogP) is 1.65. The summed E-state index contributed by atoms with van der Waals surface area (Å²) in [6, 6.07) is -0.311. The van der Waals surface area contributed by atoms with Gasteiger partial charge in [0, 0.05) is 30.4 Å². The Labute approximate surface area is 120 Å². The Kier molecular flexibility index (Phi) is 4.39. The molecule has 1 amide bonds. The lowest BCUT2D eigenvalue weighted by molar-refractivity contribution is -0.140. The van der Waals surface area contributed by atoms with Crippen LogP contribution in [0.1, 0.15) is 26.0 Å². The number of likely N-dealkylation sites (N-methyl/N-ethyl adjacent to an activating group) is 1. The van der Waals surface area contributed by atoms with Crippen LogP contribution in [-0.2, 0) is 16.0 Å². The van der Waals surface area contributed by atoms with Gasteiger partial charge in [-0.15, -0.1) is 11.3 Å². The summed E-state index contributed by atoms with van der Waals surface area (Å²) in [7, 11) is 0. The number of aliphatic carboxylic acids is 1. The lowest BCUT2D eigenvalue weighted by atomic mass is 10.2. The van der Waals surface area contributed by atoms with E-state index in [2.05, 4.69) is 4.98 Å². The quantitative estimate of drug-likeness (QED) is 0.879. The van der Waals surface area contributed by atoms with E-state index in [0.29, 0.717) is 12.2 Å². The minimum atomic E-state index is -0.897. The normalized spacial score (nSPS) is 12.5. The van der Waals surface area contributed by atoms with Crippen LogP contribution in [0.25, 0.3) is 4.96 Å². The molecule has 0 saturated carbocycles. The van der Waals surface area contributed by atoms with Crippen LogP contribution in [0.5, 0.6) is 0 Å². The van der Waals surface area contributed by atoms with Crippen molar-refractivity contribution in [1.82, 2.24) is 14.3 Å². The fraction of sp³-hybridized carbons (Fsp3) is 0.462. The average molecular weight is 295 g/mol. The molecule has 108 valence electrons. The Morgan fingerprint density at radius 3 is 2.90 bits per heavy atom. The molecule has 0 bridgehead atoms. The SMILES string of the molecule is CCN(C(=O)Cc1cn2ccsc2n1)C(C)CC(=O)O. The van der Waals surface area contributed by atoms with Crippen molar-refractivity contribution in [2.24, 2.45) is 0 Å². The summed E-state index contributed by atoms with van der Waals surface area (Å²) in [5, 5.41) is 10.7. The molecular formula is C13H17N3O3S. The molecule has 7 heteroatoms. The molecule has 1 unspecified atom stereocenters. The van der Waals surface area contributed by atoms with E-state index in [1.54, 1.807) is 11.8 Å². The molecule has 1 N–H and O–H groups in total. The first-order valence-corrected chi connectivity index (χ1v) is 7.31. The van der Waals surface area contributed by atoms with Gasteiger partial charge in [0.2, 0.25) is 5.91 Å². The zero-order valence-electron chi connectivity index (χ0n) is 11.4. The number of thiazole rings is 1. The van der Waals surface area contributed by atoms with Crippen molar-refractivity contribution in [3.63, 3.8) is 0 Å². The number of amides is 1. The molecule has 0 radical (unpaired) electrons. The minimum absolute atomic E-state index is 0.0438. The van der Waals surface area contributed by atoms with E-state index in [0.717, 1.165) is 4.96 Å². The zero-order valence-corrected chi connectivity index (χ0v) is 12.3. The standard InChI is InChI=1S/C13H17N3O3S/c1-3-16(9(2)6-12(18)19)11(17)7-10-8-15-4-5-20-13(15)14-10/h4-5,8-9H,3,6-7H2,1-2H3,(H,18,19). The maximum absolute atomic E-state index is 12.3. The molecular weight excluding hydrogens is 278 g/mol. The monoisotopic (exact) mass is 295 g/mol. The first-order valence-electron chi connectivity index (χ1n) is 6.43. The van der Waals surface area contributed by atoms with Crippen LogP contribution in [0, 0.1) is 0 Å². The van der Waals surface area contributed by atoms with E-state index in [1.807, 2.05) is 29.1 Å². The Morgan fingerprint density at radius 1 is 1.55 bits per heavy atom. The molecule has 2 aromatic rings. The van der Waals surface area contributed by atoms with Gasteiger partial charge in [0.15, 0.2) is 4.96 Å². The van der Waals surface area contributed by atoms with Crippen LogP contribution in [0.3, 0.4) is 0 Å². The van der Waals surface area contributed by atoms with Gasteiger partial charge in [-0.1, -0.05) is 0 Å². The van der Waals surface area contributed by atoms with E-state index < -0.39 is 5.97 Å². The van der Waals surface area contributed by atoms with Gasteiger partial charge < -0.3 is 10.0 Å². The van der Waals surface area contributed by atoms with Crippen LogP contribution >= 0.6 is 11.3 Å². The van der Waals surface area contributed by atoms with Gasteiger partial charge in [0.1, 0.15) is 0 Å². The lowest BCUT2D eigenvalue weighted by Crippen LogP contribution is -2.40. The van der Waals surface area contributed by atoms with Crippen LogP contribution in [0.15, 0.2) is 17.8 Å². The second-order valence-corrected chi connectivity index (χ2v) is 5.50. The molecule has 0 aliphatic carbocycles. The Bertz CT molecular complexity index is 591. The zero-order chi connectivity index (χ0) is 14.7. The van der Waals surface area contributed by atoms with E-state index >= 15 is 0 Å². The molecule has 6 nitrogen and oxygen atoms in total. The molecule has 20 heavy (non-hydrogen) atoms. The molecule has 0 aliphatic rings. The molecule has 2 rings (SSSR count). The molecule has 0 spiro atoms. The van der Waals surface area contributed by atoms with Crippen molar-refractivity contribution in [3.8, 4) is 0 Å². The average Bonchev–Trinajstić information content (AvgIpc) is 2.89. The van der Waals surface area contributed by atoms with Crippen molar-refractivity contribution in [2.45, 2.75) is 32.7 Å². The van der Waals surface area contributed by atoms with Crippen molar-refractivity contribution in [2.75, 3.05) is 6.54 Å². The maximum atomic E-state index is 12.3. The topological polar surface area (TPSA) is 74.9 Å². The van der Waals surface area contributed by atoms with Crippen molar-refractivity contribution in [3.05, 3.63) is 23.5 Å². The Hall–Kier alpha value is -1.89. The minimum Gasteiger partial charge on any atom is -0.481 e. The molecule has 0 saturated heterocycles. The molecule has 2 heterocycles. The second-order valence-electron chi connectivity index (χ2n) is 4.63. The molecule has 0 aromatic carbocycles. The summed E-state index contributed by atoms with van der Waals surface area (Å²) in [4.78, 5) is 29.8. The number of aromatic nitrogens is 2. The molecule has 0 aliphatic heterocycles. The van der Waals surface area contributed by atoms with Crippen molar-refractivity contribution < 1.29 is 14.7 Å². The smallest absolute Gasteiger partial charge is 0.305 e. The van der Waals surface area contributed by atoms with Crippen molar-refractivity contribution >= 4 is 28.2 Å². The van der Waals surface area contributed by atoms with Gasteiger partial charge >= 0.3 is 5.97 Å². The highest BCUT2D eigenvalue weighted by atomic mass is 32.1. The fourth-order valence-corrected chi connectivity index (χ4v) is 2.93. The Balaban J connectivity index is 2.05. The summed E-state index contributed by atoms with van der Waals surface area (Å²) >= 11 is 1.51. The first kappa shape index (κ1) is 14.5. The van der Waals surface area contributed by atoms with Crippen molar-refractivity contribution in [1.29, 1.82) is 0 Å². The van der Waals surface area contributed by atoms with Gasteiger partial charge in [0.25, 0.3) is 0 Å². The highest BCUT2D eigenvalue weighted by molar-refractivity contribution is 7.15. The van der Waals surface area contributed by atoms with E-state index in [9.17, 15) is 9.59 Å². The van der Waals surface area contributed by atoms with Crippen LogP contribution < -0.4 is 0 Å². The number of rotatable bonds is 6. The largest absolute Gasteiger partial charge is 0.481 e. The van der Waals surface area contributed by atoms with Gasteiger partial charge in [-0.05, 0) is 13.8 Å². The summed E-state index contributed by atoms with van der Waals surface area (Å²) < 4.78 is 1.88. The first-order chi connectivity index (χ1) is 9.51. The molecule has 1 atom stereocenters. The fourth-order valence-electron chi connectivity index (χ4n) is 2.21. The number of hydrogen-bond donors (Lipinski definition) is 1. The van der Waals surface area contributed by atoms with E-state index in [1.165, 1.54) is 11.3 Å². The number of carboxylic acids is 1. The number of hydrogen-bond acceptors (Lipinski definition) is 4. The van der Waals surface area contributed by atoms with Crippen LogP contribution in [0.4, 0.5) is 0 Å².